The third-order valence-electron chi connectivity index (χ3n) is 3.19. The molecule has 0 aliphatic carbocycles. The van der Waals surface area contributed by atoms with Gasteiger partial charge in [0.1, 0.15) is 11.6 Å². The number of nitrogens with one attached hydrogen (secondary N) is 1. The highest BCUT2D eigenvalue weighted by Gasteiger charge is 2.28. The first-order valence-electron chi connectivity index (χ1n) is 5.98. The molecule has 1 N–H and O–H groups in total. The maximum absolute atomic E-state index is 13.6. The Labute approximate surface area is 105 Å². The summed E-state index contributed by atoms with van der Waals surface area (Å²) in [7, 11) is 0. The molecule has 98 valence electrons. The Morgan fingerprint density at radius 1 is 1.39 bits per heavy atom. The van der Waals surface area contributed by atoms with Crippen LogP contribution in [0.5, 0.6) is 0 Å². The van der Waals surface area contributed by atoms with Crippen molar-refractivity contribution in [2.75, 3.05) is 13.1 Å². The summed E-state index contributed by atoms with van der Waals surface area (Å²) in [6, 6.07) is 3.22. The molecule has 0 saturated carbocycles. The van der Waals surface area contributed by atoms with E-state index in [1.807, 2.05) is 13.8 Å². The highest BCUT2D eigenvalue weighted by molar-refractivity contribution is 5.94. The van der Waals surface area contributed by atoms with Crippen LogP contribution in [0.15, 0.2) is 18.2 Å². The lowest BCUT2D eigenvalue weighted by molar-refractivity contribution is 0.0611. The van der Waals surface area contributed by atoms with Crippen molar-refractivity contribution >= 4 is 5.91 Å². The molecule has 0 bridgehead atoms. The van der Waals surface area contributed by atoms with Crippen molar-refractivity contribution in [1.82, 2.24) is 10.2 Å². The first-order chi connectivity index (χ1) is 8.49. The van der Waals surface area contributed by atoms with Gasteiger partial charge >= 0.3 is 0 Å². The predicted octanol–water partition coefficient (Wildman–Crippen LogP) is 1.79. The molecule has 1 aliphatic heterocycles. The van der Waals surface area contributed by atoms with E-state index in [0.717, 1.165) is 12.1 Å². The third kappa shape index (κ3) is 2.51. The monoisotopic (exact) mass is 254 g/mol. The van der Waals surface area contributed by atoms with E-state index < -0.39 is 11.6 Å². The van der Waals surface area contributed by atoms with E-state index >= 15 is 0 Å². The minimum absolute atomic E-state index is 0.00171. The smallest absolute Gasteiger partial charge is 0.257 e. The lowest BCUT2D eigenvalue weighted by Crippen LogP contribution is -2.56. The molecule has 3 nitrogen and oxygen atoms in total. The fraction of sp³-hybridized carbons (Fsp3) is 0.462. The zero-order chi connectivity index (χ0) is 13.3. The zero-order valence-electron chi connectivity index (χ0n) is 10.4. The van der Waals surface area contributed by atoms with Crippen LogP contribution in [0.4, 0.5) is 8.78 Å². The van der Waals surface area contributed by atoms with Crippen LogP contribution in [-0.4, -0.2) is 36.0 Å². The molecule has 0 aromatic heterocycles. The summed E-state index contributed by atoms with van der Waals surface area (Å²) in [6.07, 6.45) is 0. The number of carbonyl (C=O) groups is 1. The van der Waals surface area contributed by atoms with Gasteiger partial charge in [0.25, 0.3) is 5.91 Å². The molecule has 1 saturated heterocycles. The Bertz CT molecular complexity index is 464. The molecule has 1 aromatic carbocycles. The van der Waals surface area contributed by atoms with E-state index in [4.69, 9.17) is 0 Å². The van der Waals surface area contributed by atoms with Crippen molar-refractivity contribution in [3.8, 4) is 0 Å². The van der Waals surface area contributed by atoms with Gasteiger partial charge in [-0.3, -0.25) is 4.79 Å². The van der Waals surface area contributed by atoms with E-state index in [9.17, 15) is 13.6 Å². The quantitative estimate of drug-likeness (QED) is 0.828. The van der Waals surface area contributed by atoms with E-state index in [0.29, 0.717) is 13.1 Å². The molecular formula is C13H16F2N2O. The van der Waals surface area contributed by atoms with Gasteiger partial charge in [0.15, 0.2) is 0 Å². The molecule has 1 aromatic rings. The molecular weight excluding hydrogens is 238 g/mol. The number of halogens is 2. The van der Waals surface area contributed by atoms with Gasteiger partial charge < -0.3 is 10.2 Å². The first kappa shape index (κ1) is 13.0. The zero-order valence-corrected chi connectivity index (χ0v) is 10.4. The van der Waals surface area contributed by atoms with Gasteiger partial charge in [-0.05, 0) is 26.0 Å². The van der Waals surface area contributed by atoms with Crippen LogP contribution in [0.25, 0.3) is 0 Å². The second kappa shape index (κ2) is 5.02. The van der Waals surface area contributed by atoms with Crippen molar-refractivity contribution in [1.29, 1.82) is 0 Å². The van der Waals surface area contributed by atoms with Gasteiger partial charge in [0, 0.05) is 31.2 Å². The lowest BCUT2D eigenvalue weighted by Gasteiger charge is -2.37. The van der Waals surface area contributed by atoms with Crippen LogP contribution >= 0.6 is 0 Å². The second-order valence-corrected chi connectivity index (χ2v) is 4.74. The Hall–Kier alpha value is -1.49. The fourth-order valence-electron chi connectivity index (χ4n) is 2.12. The van der Waals surface area contributed by atoms with Crippen molar-refractivity contribution in [3.05, 3.63) is 35.4 Å². The van der Waals surface area contributed by atoms with Crippen molar-refractivity contribution < 1.29 is 13.6 Å². The SMILES string of the molecule is CC1CN(C(=O)c2ccc(F)cc2F)C(C)CN1. The topological polar surface area (TPSA) is 32.3 Å². The van der Waals surface area contributed by atoms with Crippen LogP contribution in [0.3, 0.4) is 0 Å². The molecule has 0 radical (unpaired) electrons. The molecule has 1 fully saturated rings. The highest BCUT2D eigenvalue weighted by Crippen LogP contribution is 2.16. The van der Waals surface area contributed by atoms with E-state index in [-0.39, 0.29) is 23.6 Å². The van der Waals surface area contributed by atoms with Crippen LogP contribution < -0.4 is 5.32 Å². The van der Waals surface area contributed by atoms with Gasteiger partial charge in [-0.2, -0.15) is 0 Å². The fourth-order valence-corrected chi connectivity index (χ4v) is 2.12. The van der Waals surface area contributed by atoms with Crippen LogP contribution in [0.2, 0.25) is 0 Å². The van der Waals surface area contributed by atoms with Gasteiger partial charge in [-0.25, -0.2) is 8.78 Å². The summed E-state index contributed by atoms with van der Waals surface area (Å²) in [5.74, 6) is -1.86. The summed E-state index contributed by atoms with van der Waals surface area (Å²) in [6.45, 7) is 5.07. The van der Waals surface area contributed by atoms with Gasteiger partial charge in [0.2, 0.25) is 0 Å². The first-order valence-corrected chi connectivity index (χ1v) is 5.98. The van der Waals surface area contributed by atoms with Gasteiger partial charge in [0.05, 0.1) is 5.56 Å². The van der Waals surface area contributed by atoms with E-state index in [2.05, 4.69) is 5.32 Å². The summed E-state index contributed by atoms with van der Waals surface area (Å²) in [5.41, 5.74) is -0.0719. The maximum Gasteiger partial charge on any atom is 0.257 e. The maximum atomic E-state index is 13.6. The molecule has 1 amide bonds. The minimum atomic E-state index is -0.807. The summed E-state index contributed by atoms with van der Waals surface area (Å²) >= 11 is 0. The number of piperazine rings is 1. The average Bonchev–Trinajstić information content (AvgIpc) is 2.31. The summed E-state index contributed by atoms with van der Waals surface area (Å²) < 4.78 is 26.4. The normalized spacial score (nSPS) is 24.1. The molecule has 1 heterocycles. The molecule has 5 heteroatoms. The Kier molecular flexibility index (Phi) is 3.61. The Balaban J connectivity index is 2.24. The number of hydrogen-bond acceptors (Lipinski definition) is 2. The summed E-state index contributed by atoms with van der Waals surface area (Å²) in [5, 5.41) is 3.24. The Morgan fingerprint density at radius 3 is 2.78 bits per heavy atom. The molecule has 2 unspecified atom stereocenters. The number of carbonyl (C=O) groups excluding carboxylic acids is 1. The number of benzene rings is 1. The largest absolute Gasteiger partial charge is 0.333 e. The van der Waals surface area contributed by atoms with Crippen LogP contribution in [0.1, 0.15) is 24.2 Å². The number of nitrogens with zero attached hydrogens (tertiary/aromatic N) is 1. The molecule has 18 heavy (non-hydrogen) atoms. The standard InChI is InChI=1S/C13H16F2N2O/c1-8-7-17(9(2)6-16-8)13(18)11-4-3-10(14)5-12(11)15/h3-5,8-9,16H,6-7H2,1-2H3. The molecule has 2 atom stereocenters. The molecule has 2 rings (SSSR count). The summed E-state index contributed by atoms with van der Waals surface area (Å²) in [4.78, 5) is 13.8. The predicted molar refractivity (Wildman–Crippen MR) is 64.3 cm³/mol. The van der Waals surface area contributed by atoms with Crippen LogP contribution in [0, 0.1) is 11.6 Å². The molecule has 1 aliphatic rings. The van der Waals surface area contributed by atoms with E-state index in [1.54, 1.807) is 4.90 Å². The highest BCUT2D eigenvalue weighted by atomic mass is 19.1. The Morgan fingerprint density at radius 2 is 2.11 bits per heavy atom. The minimum Gasteiger partial charge on any atom is -0.333 e. The lowest BCUT2D eigenvalue weighted by atomic mass is 10.1. The van der Waals surface area contributed by atoms with Crippen molar-refractivity contribution in [2.24, 2.45) is 0 Å². The van der Waals surface area contributed by atoms with Crippen molar-refractivity contribution in [2.45, 2.75) is 25.9 Å². The van der Waals surface area contributed by atoms with Crippen molar-refractivity contribution in [3.63, 3.8) is 0 Å². The van der Waals surface area contributed by atoms with Gasteiger partial charge in [-0.15, -0.1) is 0 Å². The second-order valence-electron chi connectivity index (χ2n) is 4.74. The number of amides is 1. The average molecular weight is 254 g/mol. The molecule has 0 spiro atoms. The van der Waals surface area contributed by atoms with Crippen LogP contribution in [-0.2, 0) is 0 Å². The van der Waals surface area contributed by atoms with Gasteiger partial charge in [-0.1, -0.05) is 0 Å². The third-order valence-corrected chi connectivity index (χ3v) is 3.19. The van der Waals surface area contributed by atoms with E-state index in [1.165, 1.54) is 6.07 Å². The number of hydrogen-bond donors (Lipinski definition) is 1. The number of rotatable bonds is 1.